The highest BCUT2D eigenvalue weighted by atomic mass is 35.5. The van der Waals surface area contributed by atoms with Crippen LogP contribution in [-0.2, 0) is 10.2 Å². The van der Waals surface area contributed by atoms with Crippen LogP contribution in [0.5, 0.6) is 0 Å². The van der Waals surface area contributed by atoms with Gasteiger partial charge in [0, 0.05) is 24.4 Å². The van der Waals surface area contributed by atoms with Gasteiger partial charge in [0.2, 0.25) is 5.91 Å². The average Bonchev–Trinajstić information content (AvgIpc) is 3.06. The molecule has 1 aromatic rings. The molecular formula is C14H20ClFN2O. The zero-order chi connectivity index (χ0) is 13.2. The molecule has 19 heavy (non-hydrogen) atoms. The Morgan fingerprint density at radius 1 is 1.53 bits per heavy atom. The Bertz CT molecular complexity index is 447. The highest BCUT2D eigenvalue weighted by Crippen LogP contribution is 2.47. The fourth-order valence-electron chi connectivity index (χ4n) is 2.17. The van der Waals surface area contributed by atoms with Crippen LogP contribution in [0.2, 0.25) is 0 Å². The Morgan fingerprint density at radius 2 is 2.21 bits per heavy atom. The molecule has 1 fully saturated rings. The first kappa shape index (κ1) is 15.9. The lowest BCUT2D eigenvalue weighted by atomic mass is 9.96. The van der Waals surface area contributed by atoms with Crippen molar-refractivity contribution in [2.45, 2.75) is 37.6 Å². The topological polar surface area (TPSA) is 55.1 Å². The second kappa shape index (κ2) is 6.35. The number of halogens is 2. The largest absolute Gasteiger partial charge is 0.355 e. The lowest BCUT2D eigenvalue weighted by molar-refractivity contribution is -0.121. The molecule has 1 unspecified atom stereocenters. The third-order valence-electron chi connectivity index (χ3n) is 3.42. The van der Waals surface area contributed by atoms with Crippen LogP contribution in [0.15, 0.2) is 24.3 Å². The van der Waals surface area contributed by atoms with Gasteiger partial charge in [-0.3, -0.25) is 4.79 Å². The van der Waals surface area contributed by atoms with Gasteiger partial charge in [-0.15, -0.1) is 12.4 Å². The molecule has 1 aliphatic carbocycles. The van der Waals surface area contributed by atoms with Crippen molar-refractivity contribution in [1.29, 1.82) is 0 Å². The second-order valence-corrected chi connectivity index (χ2v) is 5.25. The number of carbonyl (C=O) groups is 1. The molecule has 0 aliphatic heterocycles. The lowest BCUT2D eigenvalue weighted by Gasteiger charge is -2.17. The van der Waals surface area contributed by atoms with Crippen molar-refractivity contribution in [2.75, 3.05) is 6.54 Å². The molecule has 3 nitrogen and oxygen atoms in total. The van der Waals surface area contributed by atoms with Gasteiger partial charge in [0.05, 0.1) is 0 Å². The summed E-state index contributed by atoms with van der Waals surface area (Å²) in [5.41, 5.74) is 6.48. The number of hydrogen-bond acceptors (Lipinski definition) is 2. The van der Waals surface area contributed by atoms with E-state index in [0.717, 1.165) is 18.4 Å². The zero-order valence-corrected chi connectivity index (χ0v) is 11.8. The van der Waals surface area contributed by atoms with E-state index in [1.807, 2.05) is 6.07 Å². The summed E-state index contributed by atoms with van der Waals surface area (Å²) in [5, 5.41) is 2.89. The van der Waals surface area contributed by atoms with Gasteiger partial charge < -0.3 is 11.1 Å². The van der Waals surface area contributed by atoms with Crippen LogP contribution in [-0.4, -0.2) is 18.5 Å². The van der Waals surface area contributed by atoms with Crippen LogP contribution >= 0.6 is 12.4 Å². The molecule has 2 rings (SSSR count). The first-order valence-corrected chi connectivity index (χ1v) is 6.30. The number of nitrogens with two attached hydrogens (primary N) is 1. The number of benzene rings is 1. The minimum atomic E-state index is -0.222. The molecule has 1 aliphatic rings. The fourth-order valence-corrected chi connectivity index (χ4v) is 2.17. The maximum absolute atomic E-state index is 13.2. The number of carbonyl (C=O) groups excluding carboxylic acids is 1. The summed E-state index contributed by atoms with van der Waals surface area (Å²) in [6.07, 6.45) is 2.32. The highest BCUT2D eigenvalue weighted by molar-refractivity contribution is 5.85. The Labute approximate surface area is 119 Å². The monoisotopic (exact) mass is 286 g/mol. The van der Waals surface area contributed by atoms with E-state index in [1.54, 1.807) is 19.1 Å². The van der Waals surface area contributed by atoms with Crippen molar-refractivity contribution in [3.8, 4) is 0 Å². The van der Waals surface area contributed by atoms with Gasteiger partial charge in [-0.05, 0) is 37.5 Å². The maximum Gasteiger partial charge on any atom is 0.221 e. The molecule has 1 aromatic carbocycles. The first-order valence-electron chi connectivity index (χ1n) is 6.30. The predicted molar refractivity (Wildman–Crippen MR) is 75.8 cm³/mol. The van der Waals surface area contributed by atoms with Gasteiger partial charge in [0.25, 0.3) is 0 Å². The molecule has 5 heteroatoms. The lowest BCUT2D eigenvalue weighted by Crippen LogP contribution is -2.35. The number of amides is 1. The molecule has 0 radical (unpaired) electrons. The Morgan fingerprint density at radius 3 is 2.74 bits per heavy atom. The van der Waals surface area contributed by atoms with E-state index in [2.05, 4.69) is 5.32 Å². The number of rotatable bonds is 5. The zero-order valence-electron chi connectivity index (χ0n) is 11.0. The van der Waals surface area contributed by atoms with E-state index in [1.165, 1.54) is 6.07 Å². The van der Waals surface area contributed by atoms with Crippen LogP contribution < -0.4 is 11.1 Å². The Balaban J connectivity index is 0.00000180. The van der Waals surface area contributed by atoms with Gasteiger partial charge in [0.1, 0.15) is 5.82 Å². The summed E-state index contributed by atoms with van der Waals surface area (Å²) in [5.74, 6) is -0.256. The summed E-state index contributed by atoms with van der Waals surface area (Å²) >= 11 is 0. The van der Waals surface area contributed by atoms with Crippen molar-refractivity contribution >= 4 is 18.3 Å². The molecule has 0 aromatic heterocycles. The Kier molecular flexibility index (Phi) is 5.32. The molecule has 0 bridgehead atoms. The van der Waals surface area contributed by atoms with Crippen molar-refractivity contribution in [3.05, 3.63) is 35.6 Å². The van der Waals surface area contributed by atoms with Gasteiger partial charge in [0.15, 0.2) is 0 Å². The van der Waals surface area contributed by atoms with Crippen LogP contribution in [0.3, 0.4) is 0 Å². The van der Waals surface area contributed by atoms with E-state index in [0.29, 0.717) is 13.0 Å². The first-order chi connectivity index (χ1) is 8.52. The summed E-state index contributed by atoms with van der Waals surface area (Å²) in [4.78, 5) is 11.6. The standard InChI is InChI=1S/C14H19FN2O.ClH/c1-10(16)7-13(18)17-9-14(5-6-14)11-3-2-4-12(15)8-11;/h2-4,8,10H,5-7,9,16H2,1H3,(H,17,18);1H. The van der Waals surface area contributed by atoms with E-state index < -0.39 is 0 Å². The van der Waals surface area contributed by atoms with Gasteiger partial charge in [-0.1, -0.05) is 12.1 Å². The van der Waals surface area contributed by atoms with Crippen LogP contribution in [0.4, 0.5) is 4.39 Å². The average molecular weight is 287 g/mol. The summed E-state index contributed by atoms with van der Waals surface area (Å²) < 4.78 is 13.2. The van der Waals surface area contributed by atoms with Crippen molar-refractivity contribution in [2.24, 2.45) is 5.73 Å². The predicted octanol–water partition coefficient (Wildman–Crippen LogP) is 2.13. The summed E-state index contributed by atoms with van der Waals surface area (Å²) in [7, 11) is 0. The molecule has 0 spiro atoms. The van der Waals surface area contributed by atoms with Crippen LogP contribution in [0, 0.1) is 5.82 Å². The third-order valence-corrected chi connectivity index (χ3v) is 3.42. The maximum atomic E-state index is 13.2. The molecule has 3 N–H and O–H groups in total. The molecule has 0 saturated heterocycles. The normalized spacial score (nSPS) is 17.2. The van der Waals surface area contributed by atoms with E-state index in [4.69, 9.17) is 5.73 Å². The number of hydrogen-bond donors (Lipinski definition) is 2. The van der Waals surface area contributed by atoms with Crippen molar-refractivity contribution in [1.82, 2.24) is 5.32 Å². The number of nitrogens with one attached hydrogen (secondary N) is 1. The highest BCUT2D eigenvalue weighted by Gasteiger charge is 2.44. The van der Waals surface area contributed by atoms with Crippen molar-refractivity contribution in [3.63, 3.8) is 0 Å². The van der Waals surface area contributed by atoms with Crippen molar-refractivity contribution < 1.29 is 9.18 Å². The Hall–Kier alpha value is -1.13. The van der Waals surface area contributed by atoms with Gasteiger partial charge in [-0.25, -0.2) is 4.39 Å². The SMILES string of the molecule is CC(N)CC(=O)NCC1(c2cccc(F)c2)CC1.Cl. The molecule has 0 heterocycles. The molecule has 1 amide bonds. The molecule has 1 atom stereocenters. The second-order valence-electron chi connectivity index (χ2n) is 5.25. The molecular weight excluding hydrogens is 267 g/mol. The minimum Gasteiger partial charge on any atom is -0.355 e. The van der Waals surface area contributed by atoms with Gasteiger partial charge in [-0.2, -0.15) is 0 Å². The summed E-state index contributed by atoms with van der Waals surface area (Å²) in [6, 6.07) is 6.51. The third kappa shape index (κ3) is 4.18. The van der Waals surface area contributed by atoms with E-state index in [-0.39, 0.29) is 35.6 Å². The quantitative estimate of drug-likeness (QED) is 0.871. The molecule has 1 saturated carbocycles. The van der Waals surface area contributed by atoms with Crippen LogP contribution in [0.1, 0.15) is 31.7 Å². The van der Waals surface area contributed by atoms with E-state index in [9.17, 15) is 9.18 Å². The fraction of sp³-hybridized carbons (Fsp3) is 0.500. The molecule has 106 valence electrons. The summed E-state index contributed by atoms with van der Waals surface area (Å²) in [6.45, 7) is 2.38. The van der Waals surface area contributed by atoms with E-state index >= 15 is 0 Å². The van der Waals surface area contributed by atoms with Crippen LogP contribution in [0.25, 0.3) is 0 Å². The minimum absolute atomic E-state index is 0. The van der Waals surface area contributed by atoms with Gasteiger partial charge >= 0.3 is 0 Å². The smallest absolute Gasteiger partial charge is 0.221 e.